The molecule has 0 atom stereocenters. The van der Waals surface area contributed by atoms with Crippen molar-refractivity contribution >= 4 is 17.3 Å². The van der Waals surface area contributed by atoms with Crippen molar-refractivity contribution in [3.8, 4) is 0 Å². The van der Waals surface area contributed by atoms with Gasteiger partial charge in [0.25, 0.3) is 0 Å². The molecule has 0 bridgehead atoms. The molecule has 0 heterocycles. The van der Waals surface area contributed by atoms with E-state index in [-0.39, 0.29) is 18.1 Å². The minimum atomic E-state index is -0.688. The Labute approximate surface area is 122 Å². The molecule has 0 radical (unpaired) electrons. The second-order valence-corrected chi connectivity index (χ2v) is 4.88. The maximum atomic E-state index is 13.0. The second kappa shape index (κ2) is 6.35. The minimum absolute atomic E-state index is 0.0732. The van der Waals surface area contributed by atoms with E-state index in [0.717, 1.165) is 35.0 Å². The first kappa shape index (κ1) is 15.0. The predicted octanol–water partition coefficient (Wildman–Crippen LogP) is 3.63. The SMILES string of the molecule is Cc1ccc(NC(=O)CNc2cc(F)cc(F)c2)c(C)c1. The third-order valence-electron chi connectivity index (χ3n) is 2.97. The van der Waals surface area contributed by atoms with Crippen molar-refractivity contribution in [2.24, 2.45) is 0 Å². The van der Waals surface area contributed by atoms with E-state index in [1.165, 1.54) is 0 Å². The van der Waals surface area contributed by atoms with Gasteiger partial charge in [-0.25, -0.2) is 8.78 Å². The lowest BCUT2D eigenvalue weighted by Gasteiger charge is -2.10. The number of benzene rings is 2. The Kier molecular flexibility index (Phi) is 4.52. The van der Waals surface area contributed by atoms with Gasteiger partial charge in [0.1, 0.15) is 11.6 Å². The summed E-state index contributed by atoms with van der Waals surface area (Å²) in [6.45, 7) is 3.80. The molecule has 0 fully saturated rings. The predicted molar refractivity (Wildman–Crippen MR) is 79.4 cm³/mol. The smallest absolute Gasteiger partial charge is 0.243 e. The van der Waals surface area contributed by atoms with Crippen LogP contribution in [0.3, 0.4) is 0 Å². The van der Waals surface area contributed by atoms with Gasteiger partial charge in [0.05, 0.1) is 6.54 Å². The van der Waals surface area contributed by atoms with Crippen LogP contribution in [-0.2, 0) is 4.79 Å². The number of rotatable bonds is 4. The first-order chi connectivity index (χ1) is 9.94. The fraction of sp³-hybridized carbons (Fsp3) is 0.188. The van der Waals surface area contributed by atoms with Crippen molar-refractivity contribution in [3.05, 3.63) is 59.2 Å². The molecule has 21 heavy (non-hydrogen) atoms. The van der Waals surface area contributed by atoms with Crippen molar-refractivity contribution in [3.63, 3.8) is 0 Å². The standard InChI is InChI=1S/C16H16F2N2O/c1-10-3-4-15(11(2)5-10)20-16(21)9-19-14-7-12(17)6-13(18)8-14/h3-8,19H,9H2,1-2H3,(H,20,21). The summed E-state index contributed by atoms with van der Waals surface area (Å²) in [6.07, 6.45) is 0. The number of hydrogen-bond donors (Lipinski definition) is 2. The van der Waals surface area contributed by atoms with Crippen LogP contribution in [0, 0.1) is 25.5 Å². The summed E-state index contributed by atoms with van der Waals surface area (Å²) >= 11 is 0. The summed E-state index contributed by atoms with van der Waals surface area (Å²) in [4.78, 5) is 11.8. The van der Waals surface area contributed by atoms with Gasteiger partial charge in [-0.3, -0.25) is 4.79 Å². The molecule has 2 N–H and O–H groups in total. The van der Waals surface area contributed by atoms with E-state index in [1.807, 2.05) is 32.0 Å². The highest BCUT2D eigenvalue weighted by molar-refractivity contribution is 5.94. The van der Waals surface area contributed by atoms with E-state index in [4.69, 9.17) is 0 Å². The molecular formula is C16H16F2N2O. The second-order valence-electron chi connectivity index (χ2n) is 4.88. The van der Waals surface area contributed by atoms with Crippen LogP contribution < -0.4 is 10.6 Å². The lowest BCUT2D eigenvalue weighted by atomic mass is 10.1. The van der Waals surface area contributed by atoms with Crippen molar-refractivity contribution in [1.29, 1.82) is 0 Å². The number of carbonyl (C=O) groups excluding carboxylic acids is 1. The summed E-state index contributed by atoms with van der Waals surface area (Å²) in [5.41, 5.74) is 3.01. The number of anilines is 2. The van der Waals surface area contributed by atoms with Crippen molar-refractivity contribution in [1.82, 2.24) is 0 Å². The molecule has 1 amide bonds. The van der Waals surface area contributed by atoms with Gasteiger partial charge in [-0.2, -0.15) is 0 Å². The maximum absolute atomic E-state index is 13.0. The van der Waals surface area contributed by atoms with E-state index in [9.17, 15) is 13.6 Å². The van der Waals surface area contributed by atoms with Gasteiger partial charge in [-0.1, -0.05) is 17.7 Å². The fourth-order valence-corrected chi connectivity index (χ4v) is 1.99. The molecule has 110 valence electrons. The summed E-state index contributed by atoms with van der Waals surface area (Å²) in [5.74, 6) is -1.66. The zero-order valence-electron chi connectivity index (χ0n) is 11.8. The van der Waals surface area contributed by atoms with Gasteiger partial charge in [0, 0.05) is 17.4 Å². The van der Waals surface area contributed by atoms with Crippen LogP contribution in [0.2, 0.25) is 0 Å². The molecule has 0 unspecified atom stereocenters. The third-order valence-corrected chi connectivity index (χ3v) is 2.97. The van der Waals surface area contributed by atoms with Crippen LogP contribution in [0.5, 0.6) is 0 Å². The number of hydrogen-bond acceptors (Lipinski definition) is 2. The van der Waals surface area contributed by atoms with Gasteiger partial charge >= 0.3 is 0 Å². The number of halogens is 2. The van der Waals surface area contributed by atoms with Gasteiger partial charge in [-0.05, 0) is 37.6 Å². The Morgan fingerprint density at radius 3 is 2.33 bits per heavy atom. The van der Waals surface area contributed by atoms with Gasteiger partial charge in [-0.15, -0.1) is 0 Å². The van der Waals surface area contributed by atoms with Crippen LogP contribution in [-0.4, -0.2) is 12.5 Å². The van der Waals surface area contributed by atoms with Crippen molar-refractivity contribution < 1.29 is 13.6 Å². The molecule has 5 heteroatoms. The van der Waals surface area contributed by atoms with E-state index in [1.54, 1.807) is 0 Å². The molecule has 0 aliphatic rings. The van der Waals surface area contributed by atoms with Gasteiger partial charge in [0.15, 0.2) is 0 Å². The molecule has 2 aromatic rings. The molecule has 2 rings (SSSR count). The van der Waals surface area contributed by atoms with Crippen LogP contribution in [0.15, 0.2) is 36.4 Å². The van der Waals surface area contributed by atoms with Crippen molar-refractivity contribution in [2.75, 3.05) is 17.2 Å². The Morgan fingerprint density at radius 2 is 1.71 bits per heavy atom. The average molecular weight is 290 g/mol. The molecule has 0 aliphatic heterocycles. The maximum Gasteiger partial charge on any atom is 0.243 e. The summed E-state index contributed by atoms with van der Waals surface area (Å²) in [5, 5.41) is 5.43. The Morgan fingerprint density at radius 1 is 1.05 bits per heavy atom. The number of amides is 1. The monoisotopic (exact) mass is 290 g/mol. The van der Waals surface area contributed by atoms with Gasteiger partial charge in [0.2, 0.25) is 5.91 Å². The molecule has 0 saturated carbocycles. The number of nitrogens with one attached hydrogen (secondary N) is 2. The highest BCUT2D eigenvalue weighted by atomic mass is 19.1. The Bertz CT molecular complexity index is 651. The normalized spacial score (nSPS) is 10.3. The van der Waals surface area contributed by atoms with E-state index in [2.05, 4.69) is 10.6 Å². The fourth-order valence-electron chi connectivity index (χ4n) is 1.99. The van der Waals surface area contributed by atoms with Crippen LogP contribution >= 0.6 is 0 Å². The molecular weight excluding hydrogens is 274 g/mol. The highest BCUT2D eigenvalue weighted by Gasteiger charge is 2.06. The molecule has 0 aliphatic carbocycles. The van der Waals surface area contributed by atoms with Gasteiger partial charge < -0.3 is 10.6 Å². The summed E-state index contributed by atoms with van der Waals surface area (Å²) in [6, 6.07) is 8.73. The van der Waals surface area contributed by atoms with E-state index < -0.39 is 11.6 Å². The lowest BCUT2D eigenvalue weighted by molar-refractivity contribution is -0.114. The molecule has 0 aromatic heterocycles. The molecule has 2 aromatic carbocycles. The van der Waals surface area contributed by atoms with Crippen LogP contribution in [0.25, 0.3) is 0 Å². The number of carbonyl (C=O) groups is 1. The largest absolute Gasteiger partial charge is 0.376 e. The first-order valence-corrected chi connectivity index (χ1v) is 6.51. The first-order valence-electron chi connectivity index (χ1n) is 6.51. The average Bonchev–Trinajstić information content (AvgIpc) is 2.39. The quantitative estimate of drug-likeness (QED) is 0.902. The highest BCUT2D eigenvalue weighted by Crippen LogP contribution is 2.16. The minimum Gasteiger partial charge on any atom is -0.376 e. The lowest BCUT2D eigenvalue weighted by Crippen LogP contribution is -2.22. The summed E-state index contributed by atoms with van der Waals surface area (Å²) in [7, 11) is 0. The zero-order valence-corrected chi connectivity index (χ0v) is 11.8. The third kappa shape index (κ3) is 4.27. The molecule has 0 saturated heterocycles. The molecule has 3 nitrogen and oxygen atoms in total. The van der Waals surface area contributed by atoms with Crippen LogP contribution in [0.1, 0.15) is 11.1 Å². The zero-order chi connectivity index (χ0) is 15.4. The topological polar surface area (TPSA) is 41.1 Å². The van der Waals surface area contributed by atoms with Crippen LogP contribution in [0.4, 0.5) is 20.2 Å². The Hall–Kier alpha value is -2.43. The van der Waals surface area contributed by atoms with E-state index >= 15 is 0 Å². The Balaban J connectivity index is 1.95. The summed E-state index contributed by atoms with van der Waals surface area (Å²) < 4.78 is 26.0. The van der Waals surface area contributed by atoms with E-state index in [0.29, 0.717) is 0 Å². The number of aryl methyl sites for hydroxylation is 2. The molecule has 0 spiro atoms. The van der Waals surface area contributed by atoms with Crippen molar-refractivity contribution in [2.45, 2.75) is 13.8 Å².